The fourth-order valence-electron chi connectivity index (χ4n) is 5.15. The fraction of sp³-hybridized carbons (Fsp3) is 0.500. The first-order valence-electron chi connectivity index (χ1n) is 10.9. The Kier molecular flexibility index (Phi) is 5.56. The van der Waals surface area contributed by atoms with Gasteiger partial charge in [-0.15, -0.1) is 6.58 Å². The van der Waals surface area contributed by atoms with Gasteiger partial charge in [-0.2, -0.15) is 0 Å². The van der Waals surface area contributed by atoms with E-state index in [1.54, 1.807) is 47.2 Å². The van der Waals surface area contributed by atoms with Crippen molar-refractivity contribution in [3.05, 3.63) is 55.5 Å². The van der Waals surface area contributed by atoms with E-state index in [2.05, 4.69) is 11.6 Å². The lowest BCUT2D eigenvalue weighted by Crippen LogP contribution is -2.71. The number of esters is 1. The average molecular weight is 440 g/mol. The van der Waals surface area contributed by atoms with Crippen molar-refractivity contribution in [3.63, 3.8) is 0 Å². The largest absolute Gasteiger partial charge is 0.467 e. The molecule has 2 aromatic heterocycles. The van der Waals surface area contributed by atoms with Gasteiger partial charge in [0, 0.05) is 24.2 Å². The van der Waals surface area contributed by atoms with Crippen LogP contribution in [-0.4, -0.2) is 39.3 Å². The van der Waals surface area contributed by atoms with E-state index < -0.39 is 28.8 Å². The number of aromatic nitrogens is 2. The van der Waals surface area contributed by atoms with Crippen molar-refractivity contribution < 1.29 is 23.5 Å². The molecule has 4 rings (SSSR count). The Labute approximate surface area is 187 Å². The Balaban J connectivity index is 1.82. The molecule has 32 heavy (non-hydrogen) atoms. The molecule has 0 bridgehead atoms. The maximum absolute atomic E-state index is 14.1. The number of nitrogens with zero attached hydrogens (tertiary/aromatic N) is 3. The molecule has 8 heteroatoms. The molecule has 2 aromatic rings. The summed E-state index contributed by atoms with van der Waals surface area (Å²) in [6.07, 6.45) is 9.24. The Morgan fingerprint density at radius 3 is 2.78 bits per heavy atom. The number of rotatable bonds is 9. The predicted octanol–water partition coefficient (Wildman–Crippen LogP) is 2.92. The van der Waals surface area contributed by atoms with Crippen LogP contribution < -0.4 is 5.01 Å². The van der Waals surface area contributed by atoms with Crippen molar-refractivity contribution in [1.29, 1.82) is 0 Å². The van der Waals surface area contributed by atoms with Crippen molar-refractivity contribution in [1.82, 2.24) is 9.66 Å². The SMILES string of the molecule is C=CCCCOC(=O)C1(N(Cc2ccco2)n2ccnc2)C(=O)C2C(C(=O)C1C)C2(C)C. The van der Waals surface area contributed by atoms with Crippen molar-refractivity contribution in [3.8, 4) is 0 Å². The summed E-state index contributed by atoms with van der Waals surface area (Å²) < 4.78 is 12.7. The lowest BCUT2D eigenvalue weighted by atomic mass is 9.71. The molecule has 2 aliphatic carbocycles. The Bertz CT molecular complexity index is 1010. The summed E-state index contributed by atoms with van der Waals surface area (Å²) in [5.74, 6) is -2.35. The minimum atomic E-state index is -1.83. The number of fused-ring (bicyclic) bond motifs is 1. The van der Waals surface area contributed by atoms with Crippen molar-refractivity contribution in [2.75, 3.05) is 11.6 Å². The quantitative estimate of drug-likeness (QED) is 0.257. The summed E-state index contributed by atoms with van der Waals surface area (Å²) in [7, 11) is 0. The molecule has 0 aliphatic heterocycles. The highest BCUT2D eigenvalue weighted by Crippen LogP contribution is 2.65. The van der Waals surface area contributed by atoms with Gasteiger partial charge in [0.25, 0.3) is 0 Å². The molecule has 4 unspecified atom stereocenters. The zero-order valence-electron chi connectivity index (χ0n) is 18.7. The van der Waals surface area contributed by atoms with Crippen LogP contribution in [0.5, 0.6) is 0 Å². The van der Waals surface area contributed by atoms with Gasteiger partial charge in [0.2, 0.25) is 5.54 Å². The number of hydrogen-bond acceptors (Lipinski definition) is 7. The van der Waals surface area contributed by atoms with Crippen molar-refractivity contribution in [2.45, 2.75) is 45.7 Å². The topological polar surface area (TPSA) is 94.6 Å². The lowest BCUT2D eigenvalue weighted by Gasteiger charge is -2.46. The van der Waals surface area contributed by atoms with Gasteiger partial charge < -0.3 is 9.15 Å². The fourth-order valence-corrected chi connectivity index (χ4v) is 5.15. The highest BCUT2D eigenvalue weighted by molar-refractivity contribution is 6.21. The van der Waals surface area contributed by atoms with Crippen LogP contribution in [0.1, 0.15) is 39.4 Å². The van der Waals surface area contributed by atoms with Crippen LogP contribution in [0.25, 0.3) is 0 Å². The van der Waals surface area contributed by atoms with E-state index in [4.69, 9.17) is 9.15 Å². The number of hydrogen-bond donors (Lipinski definition) is 0. The first kappa shape index (κ1) is 22.0. The van der Waals surface area contributed by atoms with E-state index in [-0.39, 0.29) is 30.6 Å². The molecule has 2 aliphatic rings. The maximum atomic E-state index is 14.1. The average Bonchev–Trinajstić information content (AvgIpc) is 3.22. The molecule has 0 amide bonds. The number of imidazole rings is 1. The van der Waals surface area contributed by atoms with Crippen LogP contribution >= 0.6 is 0 Å². The summed E-state index contributed by atoms with van der Waals surface area (Å²) in [5, 5.41) is 1.57. The third kappa shape index (κ3) is 3.20. The molecule has 0 radical (unpaired) electrons. The van der Waals surface area contributed by atoms with Crippen LogP contribution in [0.3, 0.4) is 0 Å². The van der Waals surface area contributed by atoms with Crippen LogP contribution in [-0.2, 0) is 25.7 Å². The second-order valence-corrected chi connectivity index (χ2v) is 9.18. The summed E-state index contributed by atoms with van der Waals surface area (Å²) in [6.45, 7) is 9.38. The van der Waals surface area contributed by atoms with E-state index in [9.17, 15) is 14.4 Å². The van der Waals surface area contributed by atoms with Gasteiger partial charge in [0.05, 0.1) is 25.3 Å². The molecule has 0 spiro atoms. The summed E-state index contributed by atoms with van der Waals surface area (Å²) in [5.41, 5.74) is -2.31. The van der Waals surface area contributed by atoms with Crippen LogP contribution in [0, 0.1) is 23.2 Å². The molecule has 8 nitrogen and oxygen atoms in total. The van der Waals surface area contributed by atoms with Crippen LogP contribution in [0.4, 0.5) is 0 Å². The van der Waals surface area contributed by atoms with Gasteiger partial charge in [-0.3, -0.25) is 19.3 Å². The van der Waals surface area contributed by atoms with Crippen molar-refractivity contribution in [2.24, 2.45) is 23.2 Å². The van der Waals surface area contributed by atoms with E-state index in [1.165, 1.54) is 12.6 Å². The van der Waals surface area contributed by atoms with Crippen LogP contribution in [0.2, 0.25) is 0 Å². The molecule has 0 N–H and O–H groups in total. The van der Waals surface area contributed by atoms with Gasteiger partial charge in [0.15, 0.2) is 5.78 Å². The molecular formula is C24H29N3O5. The first-order valence-corrected chi connectivity index (χ1v) is 10.9. The Morgan fingerprint density at radius 1 is 1.38 bits per heavy atom. The zero-order valence-corrected chi connectivity index (χ0v) is 18.7. The van der Waals surface area contributed by atoms with Gasteiger partial charge in [-0.05, 0) is 30.4 Å². The van der Waals surface area contributed by atoms with E-state index >= 15 is 0 Å². The Morgan fingerprint density at radius 2 is 2.16 bits per heavy atom. The smallest absolute Gasteiger partial charge is 0.342 e. The third-order valence-electron chi connectivity index (χ3n) is 7.00. The zero-order chi connectivity index (χ0) is 23.1. The normalized spacial score (nSPS) is 28.2. The first-order chi connectivity index (χ1) is 15.3. The molecule has 170 valence electrons. The standard InChI is InChI=1S/C24H29N3O5/c1-5-6-7-12-32-22(30)24(16(2)20(28)18-19(21(24)29)23(18,3)4)27(26-11-10-25-15-26)14-17-9-8-13-31-17/h5,8-11,13,15-16,18-19H,1,6-7,12,14H2,2-4H3. The molecule has 2 saturated carbocycles. The Hall–Kier alpha value is -3.16. The molecule has 4 atom stereocenters. The van der Waals surface area contributed by atoms with Gasteiger partial charge in [-0.25, -0.2) is 9.78 Å². The number of carbonyl (C=O) groups excluding carboxylic acids is 3. The van der Waals surface area contributed by atoms with Gasteiger partial charge in [-0.1, -0.05) is 26.8 Å². The summed E-state index contributed by atoms with van der Waals surface area (Å²) in [4.78, 5) is 45.4. The number of ketones is 2. The number of allylic oxidation sites excluding steroid dienone is 1. The van der Waals surface area contributed by atoms with Gasteiger partial charge in [0.1, 0.15) is 17.9 Å². The van der Waals surface area contributed by atoms with E-state index in [0.29, 0.717) is 18.6 Å². The predicted molar refractivity (Wildman–Crippen MR) is 116 cm³/mol. The molecule has 0 saturated heterocycles. The number of unbranched alkanes of at least 4 members (excludes halogenated alkanes) is 1. The third-order valence-corrected chi connectivity index (χ3v) is 7.00. The lowest BCUT2D eigenvalue weighted by molar-refractivity contribution is -0.163. The highest BCUT2D eigenvalue weighted by atomic mass is 16.5. The molecule has 2 fully saturated rings. The number of ether oxygens (including phenoxy) is 1. The van der Waals surface area contributed by atoms with Gasteiger partial charge >= 0.3 is 5.97 Å². The number of carbonyl (C=O) groups is 3. The van der Waals surface area contributed by atoms with E-state index in [0.717, 1.165) is 0 Å². The summed E-state index contributed by atoms with van der Waals surface area (Å²) in [6, 6.07) is 3.50. The minimum absolute atomic E-state index is 0.0896. The number of Topliss-reactive ketones (excluding diaryl/α,β-unsaturated/α-hetero) is 2. The second-order valence-electron chi connectivity index (χ2n) is 9.18. The second kappa shape index (κ2) is 8.07. The molecular weight excluding hydrogens is 410 g/mol. The van der Waals surface area contributed by atoms with Crippen molar-refractivity contribution >= 4 is 17.5 Å². The maximum Gasteiger partial charge on any atom is 0.342 e. The monoisotopic (exact) mass is 439 g/mol. The highest BCUT2D eigenvalue weighted by Gasteiger charge is 2.77. The summed E-state index contributed by atoms with van der Waals surface area (Å²) >= 11 is 0. The van der Waals surface area contributed by atoms with E-state index in [1.807, 2.05) is 13.8 Å². The molecule has 2 heterocycles. The van der Waals surface area contributed by atoms with Crippen LogP contribution in [0.15, 0.2) is 54.2 Å². The number of furan rings is 1. The minimum Gasteiger partial charge on any atom is -0.467 e. The molecule has 0 aromatic carbocycles.